The van der Waals surface area contributed by atoms with Gasteiger partial charge in [0.2, 0.25) is 15.9 Å². The van der Waals surface area contributed by atoms with Crippen molar-refractivity contribution in [1.82, 2.24) is 5.32 Å². The second-order valence-electron chi connectivity index (χ2n) is 3.96. The lowest BCUT2D eigenvalue weighted by atomic mass is 10.3. The highest BCUT2D eigenvalue weighted by atomic mass is 32.2. The van der Waals surface area contributed by atoms with Crippen molar-refractivity contribution in [2.24, 2.45) is 5.14 Å². The van der Waals surface area contributed by atoms with E-state index in [0.29, 0.717) is 32.4 Å². The van der Waals surface area contributed by atoms with Gasteiger partial charge in [0.1, 0.15) is 4.21 Å². The summed E-state index contributed by atoms with van der Waals surface area (Å²) in [4.78, 5) is 12.3. The minimum absolute atomic E-state index is 0.0275. The molecular formula is C11H18N2O4S2. The number of ether oxygens (including phenoxy) is 1. The number of nitrogens with one attached hydrogen (secondary N) is 1. The van der Waals surface area contributed by atoms with Gasteiger partial charge in [-0.2, -0.15) is 0 Å². The number of carbonyl (C=O) groups is 1. The summed E-state index contributed by atoms with van der Waals surface area (Å²) in [5, 5.41) is 7.79. The number of amides is 1. The Balaban J connectivity index is 2.30. The number of hydrogen-bond donors (Lipinski definition) is 2. The number of rotatable bonds is 8. The van der Waals surface area contributed by atoms with Crippen LogP contribution in [-0.2, 0) is 26.0 Å². The molecule has 0 aliphatic heterocycles. The fourth-order valence-electron chi connectivity index (χ4n) is 1.44. The molecule has 0 bridgehead atoms. The van der Waals surface area contributed by atoms with Crippen LogP contribution in [0, 0.1) is 0 Å². The van der Waals surface area contributed by atoms with Gasteiger partial charge in [-0.05, 0) is 25.0 Å². The molecule has 0 aromatic carbocycles. The Kier molecular flexibility index (Phi) is 6.43. The molecule has 1 heterocycles. The van der Waals surface area contributed by atoms with Crippen molar-refractivity contribution < 1.29 is 17.9 Å². The number of thiophene rings is 1. The Hall–Kier alpha value is -0.960. The largest absolute Gasteiger partial charge is 0.385 e. The monoisotopic (exact) mass is 306 g/mol. The number of primary sulfonamides is 1. The second kappa shape index (κ2) is 7.59. The van der Waals surface area contributed by atoms with Gasteiger partial charge in [0.15, 0.2) is 0 Å². The van der Waals surface area contributed by atoms with Crippen molar-refractivity contribution in [3.63, 3.8) is 0 Å². The average Bonchev–Trinajstić information content (AvgIpc) is 2.78. The average molecular weight is 306 g/mol. The Labute approximate surface area is 117 Å². The molecule has 0 saturated carbocycles. The smallest absolute Gasteiger partial charge is 0.247 e. The van der Waals surface area contributed by atoms with Crippen LogP contribution in [-0.4, -0.2) is 34.6 Å². The number of methoxy groups -OCH3 is 1. The van der Waals surface area contributed by atoms with Crippen molar-refractivity contribution in [3.8, 4) is 0 Å². The van der Waals surface area contributed by atoms with Crippen molar-refractivity contribution in [2.45, 2.75) is 23.5 Å². The van der Waals surface area contributed by atoms with Gasteiger partial charge in [-0.25, -0.2) is 13.6 Å². The summed E-state index contributed by atoms with van der Waals surface area (Å²) in [6.45, 7) is 1.05. The quantitative estimate of drug-likeness (QED) is 0.682. The Morgan fingerprint density at radius 1 is 1.47 bits per heavy atom. The van der Waals surface area contributed by atoms with Crippen LogP contribution in [0.2, 0.25) is 0 Å². The zero-order chi connectivity index (χ0) is 14.3. The third-order valence-electron chi connectivity index (χ3n) is 2.36. The summed E-state index contributed by atoms with van der Waals surface area (Å²) in [6.07, 6.45) is 1.72. The van der Waals surface area contributed by atoms with E-state index in [9.17, 15) is 13.2 Å². The van der Waals surface area contributed by atoms with Crippen LogP contribution in [0.15, 0.2) is 16.3 Å². The minimum atomic E-state index is -3.62. The third-order valence-corrected chi connectivity index (χ3v) is 4.95. The molecule has 1 aromatic heterocycles. The first-order valence-corrected chi connectivity index (χ1v) is 8.17. The molecule has 1 rings (SSSR count). The first kappa shape index (κ1) is 16.1. The fourth-order valence-corrected chi connectivity index (χ4v) is 3.21. The van der Waals surface area contributed by atoms with Gasteiger partial charge in [0, 0.05) is 31.6 Å². The summed E-state index contributed by atoms with van der Waals surface area (Å²) in [6, 6.07) is 3.19. The predicted octanol–water partition coefficient (Wildman–Crippen LogP) is 0.481. The highest BCUT2D eigenvalue weighted by molar-refractivity contribution is 7.91. The summed E-state index contributed by atoms with van der Waals surface area (Å²) in [5.74, 6) is -0.0275. The number of nitrogens with two attached hydrogens (primary N) is 1. The van der Waals surface area contributed by atoms with E-state index >= 15 is 0 Å². The Bertz CT molecular complexity index is 511. The SMILES string of the molecule is COCCCC(=O)NCCc1ccc(S(N)(=O)=O)s1. The van der Waals surface area contributed by atoms with Crippen LogP contribution >= 0.6 is 11.3 Å². The van der Waals surface area contributed by atoms with E-state index in [1.165, 1.54) is 6.07 Å². The van der Waals surface area contributed by atoms with Crippen molar-refractivity contribution in [1.29, 1.82) is 0 Å². The van der Waals surface area contributed by atoms with Gasteiger partial charge >= 0.3 is 0 Å². The molecule has 19 heavy (non-hydrogen) atoms. The summed E-state index contributed by atoms with van der Waals surface area (Å²) in [5.41, 5.74) is 0. The van der Waals surface area contributed by atoms with E-state index in [0.717, 1.165) is 16.2 Å². The maximum Gasteiger partial charge on any atom is 0.247 e. The van der Waals surface area contributed by atoms with Crippen LogP contribution in [0.3, 0.4) is 0 Å². The molecule has 0 aliphatic carbocycles. The summed E-state index contributed by atoms with van der Waals surface area (Å²) < 4.78 is 27.2. The van der Waals surface area contributed by atoms with Gasteiger partial charge in [-0.15, -0.1) is 11.3 Å². The van der Waals surface area contributed by atoms with Gasteiger partial charge in [-0.3, -0.25) is 4.79 Å². The van der Waals surface area contributed by atoms with Gasteiger partial charge in [-0.1, -0.05) is 0 Å². The second-order valence-corrected chi connectivity index (χ2v) is 6.92. The standard InChI is InChI=1S/C11H18N2O4S2/c1-17-8-2-3-10(14)13-7-6-9-4-5-11(18-9)19(12,15)16/h4-5H,2-3,6-8H2,1H3,(H,13,14)(H2,12,15,16). The van der Waals surface area contributed by atoms with E-state index in [1.807, 2.05) is 0 Å². The fraction of sp³-hybridized carbons (Fsp3) is 0.545. The molecule has 0 fully saturated rings. The normalized spacial score (nSPS) is 11.5. The predicted molar refractivity (Wildman–Crippen MR) is 73.5 cm³/mol. The zero-order valence-corrected chi connectivity index (χ0v) is 12.4. The number of hydrogen-bond acceptors (Lipinski definition) is 5. The first-order chi connectivity index (χ1) is 8.93. The third kappa shape index (κ3) is 6.15. The molecular weight excluding hydrogens is 288 g/mol. The summed E-state index contributed by atoms with van der Waals surface area (Å²) >= 11 is 1.13. The lowest BCUT2D eigenvalue weighted by molar-refractivity contribution is -0.121. The number of sulfonamides is 1. The molecule has 3 N–H and O–H groups in total. The van der Waals surface area contributed by atoms with Crippen LogP contribution < -0.4 is 10.5 Å². The Morgan fingerprint density at radius 2 is 2.21 bits per heavy atom. The molecule has 8 heteroatoms. The highest BCUT2D eigenvalue weighted by Gasteiger charge is 2.11. The molecule has 6 nitrogen and oxygen atoms in total. The van der Waals surface area contributed by atoms with Crippen LogP contribution in [0.25, 0.3) is 0 Å². The van der Waals surface area contributed by atoms with E-state index < -0.39 is 10.0 Å². The van der Waals surface area contributed by atoms with Crippen molar-refractivity contribution in [3.05, 3.63) is 17.0 Å². The van der Waals surface area contributed by atoms with Crippen LogP contribution in [0.1, 0.15) is 17.7 Å². The molecule has 0 spiro atoms. The number of carbonyl (C=O) groups excluding carboxylic acids is 1. The molecule has 1 aromatic rings. The minimum Gasteiger partial charge on any atom is -0.385 e. The van der Waals surface area contributed by atoms with E-state index in [4.69, 9.17) is 9.88 Å². The van der Waals surface area contributed by atoms with Gasteiger partial charge in [0.25, 0.3) is 0 Å². The van der Waals surface area contributed by atoms with Gasteiger partial charge in [0.05, 0.1) is 0 Å². The maximum atomic E-state index is 11.4. The maximum absolute atomic E-state index is 11.4. The molecule has 0 radical (unpaired) electrons. The highest BCUT2D eigenvalue weighted by Crippen LogP contribution is 2.20. The molecule has 0 unspecified atom stereocenters. The van der Waals surface area contributed by atoms with E-state index in [1.54, 1.807) is 13.2 Å². The topological polar surface area (TPSA) is 98.5 Å². The van der Waals surface area contributed by atoms with Crippen molar-refractivity contribution >= 4 is 27.3 Å². The molecule has 0 atom stereocenters. The molecule has 0 saturated heterocycles. The zero-order valence-electron chi connectivity index (χ0n) is 10.7. The van der Waals surface area contributed by atoms with E-state index in [-0.39, 0.29) is 10.1 Å². The van der Waals surface area contributed by atoms with Crippen molar-refractivity contribution in [2.75, 3.05) is 20.3 Å². The Morgan fingerprint density at radius 3 is 2.79 bits per heavy atom. The lowest BCUT2D eigenvalue weighted by Gasteiger charge is -2.03. The first-order valence-electron chi connectivity index (χ1n) is 5.80. The molecule has 1 amide bonds. The molecule has 108 valence electrons. The van der Waals surface area contributed by atoms with Crippen LogP contribution in [0.5, 0.6) is 0 Å². The molecule has 0 aliphatic rings. The van der Waals surface area contributed by atoms with Gasteiger partial charge < -0.3 is 10.1 Å². The van der Waals surface area contributed by atoms with E-state index in [2.05, 4.69) is 5.32 Å². The van der Waals surface area contributed by atoms with Crippen LogP contribution in [0.4, 0.5) is 0 Å². The lowest BCUT2D eigenvalue weighted by Crippen LogP contribution is -2.25. The summed E-state index contributed by atoms with van der Waals surface area (Å²) in [7, 11) is -2.03.